The number of aliphatic carboxylic acids is 1. The molecule has 0 aliphatic heterocycles. The highest BCUT2D eigenvalue weighted by molar-refractivity contribution is 5.67. The Bertz CT molecular complexity index is 706. The van der Waals surface area contributed by atoms with E-state index in [0.29, 0.717) is 23.3 Å². The van der Waals surface area contributed by atoms with Gasteiger partial charge in [0, 0.05) is 11.3 Å². The minimum Gasteiger partial charge on any atom is -0.481 e. The molecule has 1 aromatic rings. The maximum atomic E-state index is 10.9. The van der Waals surface area contributed by atoms with Crippen molar-refractivity contribution in [1.82, 2.24) is 9.97 Å². The van der Waals surface area contributed by atoms with Gasteiger partial charge < -0.3 is 21.3 Å². The summed E-state index contributed by atoms with van der Waals surface area (Å²) in [7, 11) is 0. The van der Waals surface area contributed by atoms with Crippen molar-refractivity contribution in [3.8, 4) is 5.88 Å². The maximum absolute atomic E-state index is 10.9. The Balaban J connectivity index is 1.92. The molecule has 0 amide bonds. The molecule has 1 aromatic heterocycles. The lowest BCUT2D eigenvalue weighted by molar-refractivity contribution is -0.137. The van der Waals surface area contributed by atoms with Crippen LogP contribution in [0.3, 0.4) is 0 Å². The summed E-state index contributed by atoms with van der Waals surface area (Å²) in [6, 6.07) is -0.812. The molecule has 1 heterocycles. The fourth-order valence-corrected chi connectivity index (χ4v) is 4.49. The molecule has 0 aromatic carbocycles. The summed E-state index contributed by atoms with van der Waals surface area (Å²) < 4.78 is 6.48. The van der Waals surface area contributed by atoms with E-state index >= 15 is 0 Å². The Morgan fingerprint density at radius 3 is 2.72 bits per heavy atom. The molecular formula is C18H28N4O3. The van der Waals surface area contributed by atoms with Gasteiger partial charge in [-0.05, 0) is 25.7 Å². The van der Waals surface area contributed by atoms with E-state index in [1.54, 1.807) is 0 Å². The van der Waals surface area contributed by atoms with E-state index < -0.39 is 12.0 Å². The van der Waals surface area contributed by atoms with E-state index in [-0.39, 0.29) is 29.1 Å². The first kappa shape index (κ1) is 17.9. The molecule has 7 nitrogen and oxygen atoms in total. The number of nitrogens with two attached hydrogens (primary N) is 2. The molecule has 3 rings (SSSR count). The number of nitrogens with zero attached hydrogens (tertiary/aromatic N) is 2. The van der Waals surface area contributed by atoms with Gasteiger partial charge in [0.1, 0.15) is 11.4 Å². The highest BCUT2D eigenvalue weighted by Crippen LogP contribution is 2.70. The normalized spacial score (nSPS) is 31.1. The number of carbonyl (C=O) groups is 1. The average Bonchev–Trinajstić information content (AvgIpc) is 2.97. The van der Waals surface area contributed by atoms with Crippen LogP contribution in [0.4, 0.5) is 5.82 Å². The van der Waals surface area contributed by atoms with Crippen molar-refractivity contribution in [2.24, 2.45) is 23.0 Å². The van der Waals surface area contributed by atoms with Crippen LogP contribution in [-0.4, -0.2) is 26.6 Å². The summed E-state index contributed by atoms with van der Waals surface area (Å²) in [5.41, 5.74) is 12.5. The molecule has 138 valence electrons. The van der Waals surface area contributed by atoms with Crippen LogP contribution in [0, 0.1) is 24.2 Å². The Labute approximate surface area is 148 Å². The molecule has 0 spiro atoms. The fraction of sp³-hybridized carbons (Fsp3) is 0.722. The third-order valence-electron chi connectivity index (χ3n) is 6.20. The maximum Gasteiger partial charge on any atom is 0.305 e. The number of anilines is 1. The van der Waals surface area contributed by atoms with Gasteiger partial charge in [0.05, 0.1) is 18.0 Å². The predicted octanol–water partition coefficient (Wildman–Crippen LogP) is 2.44. The molecule has 2 saturated carbocycles. The van der Waals surface area contributed by atoms with Gasteiger partial charge in [0.15, 0.2) is 5.82 Å². The largest absolute Gasteiger partial charge is 0.481 e. The lowest BCUT2D eigenvalue weighted by atomic mass is 9.88. The minimum atomic E-state index is -0.999. The molecule has 0 radical (unpaired) electrons. The van der Waals surface area contributed by atoms with Crippen LogP contribution < -0.4 is 16.2 Å². The predicted molar refractivity (Wildman–Crippen MR) is 94.0 cm³/mol. The van der Waals surface area contributed by atoms with Crippen LogP contribution in [0.2, 0.25) is 0 Å². The second-order valence-electron chi connectivity index (χ2n) is 8.25. The number of carboxylic acids is 1. The van der Waals surface area contributed by atoms with E-state index in [0.717, 1.165) is 12.8 Å². The van der Waals surface area contributed by atoms with Crippen molar-refractivity contribution in [2.45, 2.75) is 65.0 Å². The van der Waals surface area contributed by atoms with Gasteiger partial charge in [-0.3, -0.25) is 4.79 Å². The summed E-state index contributed by atoms with van der Waals surface area (Å²) >= 11 is 0. The minimum absolute atomic E-state index is 0.0905. The van der Waals surface area contributed by atoms with Crippen LogP contribution in [0.15, 0.2) is 0 Å². The first-order chi connectivity index (χ1) is 11.6. The van der Waals surface area contributed by atoms with Crippen molar-refractivity contribution >= 4 is 11.8 Å². The molecule has 0 bridgehead atoms. The average molecular weight is 348 g/mol. The quantitative estimate of drug-likeness (QED) is 0.746. The van der Waals surface area contributed by atoms with Gasteiger partial charge in [-0.1, -0.05) is 27.2 Å². The van der Waals surface area contributed by atoms with Crippen LogP contribution >= 0.6 is 0 Å². The Kier molecular flexibility index (Phi) is 4.18. The van der Waals surface area contributed by atoms with Crippen molar-refractivity contribution in [2.75, 3.05) is 5.73 Å². The molecule has 4 unspecified atom stereocenters. The zero-order valence-electron chi connectivity index (χ0n) is 15.4. The smallest absolute Gasteiger partial charge is 0.305 e. The lowest BCUT2D eigenvalue weighted by Crippen LogP contribution is -2.32. The molecule has 2 fully saturated rings. The molecule has 0 saturated heterocycles. The van der Waals surface area contributed by atoms with Gasteiger partial charge in [-0.2, -0.15) is 4.98 Å². The van der Waals surface area contributed by atoms with Crippen molar-refractivity contribution in [1.29, 1.82) is 0 Å². The zero-order chi connectivity index (χ0) is 18.6. The summed E-state index contributed by atoms with van der Waals surface area (Å²) in [6.07, 6.45) is 3.11. The summed E-state index contributed by atoms with van der Waals surface area (Å²) in [5, 5.41) is 8.95. The van der Waals surface area contributed by atoms with Crippen LogP contribution in [-0.2, 0) is 4.79 Å². The number of ether oxygens (including phenoxy) is 1. The Morgan fingerprint density at radius 1 is 1.40 bits per heavy atom. The van der Waals surface area contributed by atoms with Crippen molar-refractivity contribution in [3.63, 3.8) is 0 Å². The number of hydrogen-bond donors (Lipinski definition) is 3. The number of rotatable bonds is 5. The number of fused-ring (bicyclic) bond motifs is 1. The van der Waals surface area contributed by atoms with Gasteiger partial charge in [0.2, 0.25) is 5.88 Å². The highest BCUT2D eigenvalue weighted by Gasteiger charge is 2.74. The first-order valence-electron chi connectivity index (χ1n) is 8.89. The second kappa shape index (κ2) is 5.83. The molecule has 25 heavy (non-hydrogen) atoms. The van der Waals surface area contributed by atoms with E-state index in [2.05, 4.69) is 30.7 Å². The van der Waals surface area contributed by atoms with Crippen molar-refractivity contribution in [3.05, 3.63) is 11.4 Å². The lowest BCUT2D eigenvalue weighted by Gasteiger charge is -2.29. The Hall–Kier alpha value is -1.89. The SMILES string of the molecule is Cc1c(N)nc(C(N)CC(=O)O)nc1OC12CC(C)CCC1C2(C)C. The van der Waals surface area contributed by atoms with Crippen LogP contribution in [0.1, 0.15) is 63.9 Å². The second-order valence-corrected chi connectivity index (χ2v) is 8.25. The van der Waals surface area contributed by atoms with Crippen LogP contribution in [0.25, 0.3) is 0 Å². The van der Waals surface area contributed by atoms with E-state index in [1.165, 1.54) is 6.42 Å². The summed E-state index contributed by atoms with van der Waals surface area (Å²) in [5.74, 6) is 1.05. The topological polar surface area (TPSA) is 124 Å². The third kappa shape index (κ3) is 2.84. The third-order valence-corrected chi connectivity index (χ3v) is 6.20. The summed E-state index contributed by atoms with van der Waals surface area (Å²) in [4.78, 5) is 19.5. The molecule has 5 N–H and O–H groups in total. The van der Waals surface area contributed by atoms with Gasteiger partial charge in [-0.25, -0.2) is 4.98 Å². The van der Waals surface area contributed by atoms with Gasteiger partial charge in [-0.15, -0.1) is 0 Å². The number of carboxylic acid groups (broad SMARTS) is 1. The number of nitrogen functional groups attached to an aromatic ring is 1. The Morgan fingerprint density at radius 2 is 2.08 bits per heavy atom. The zero-order valence-corrected chi connectivity index (χ0v) is 15.4. The number of aromatic nitrogens is 2. The molecule has 4 atom stereocenters. The van der Waals surface area contributed by atoms with Gasteiger partial charge in [0.25, 0.3) is 0 Å². The van der Waals surface area contributed by atoms with Crippen LogP contribution in [0.5, 0.6) is 5.88 Å². The first-order valence-corrected chi connectivity index (χ1v) is 8.89. The van der Waals surface area contributed by atoms with E-state index in [9.17, 15) is 4.79 Å². The monoisotopic (exact) mass is 348 g/mol. The fourth-order valence-electron chi connectivity index (χ4n) is 4.49. The highest BCUT2D eigenvalue weighted by atomic mass is 16.5. The molecule has 7 heteroatoms. The van der Waals surface area contributed by atoms with Crippen molar-refractivity contribution < 1.29 is 14.6 Å². The van der Waals surface area contributed by atoms with E-state index in [1.807, 2.05) is 6.92 Å². The van der Waals surface area contributed by atoms with Gasteiger partial charge >= 0.3 is 5.97 Å². The number of hydrogen-bond acceptors (Lipinski definition) is 6. The summed E-state index contributed by atoms with van der Waals surface area (Å²) in [6.45, 7) is 8.56. The molecular weight excluding hydrogens is 320 g/mol. The molecule has 2 aliphatic carbocycles. The van der Waals surface area contributed by atoms with E-state index in [4.69, 9.17) is 21.3 Å². The molecule has 2 aliphatic rings. The standard InChI is InChI=1S/C18H28N4O3/c1-9-5-6-12-17(3,4)18(12,8-9)25-16-10(2)14(20)21-15(22-16)11(19)7-13(23)24/h9,11-12H,5-8,19H2,1-4H3,(H,23,24)(H2,20,21,22).